The maximum Gasteiger partial charge on any atom is 0.183 e. The van der Waals surface area contributed by atoms with Crippen molar-refractivity contribution in [3.05, 3.63) is 54.4 Å². The lowest BCUT2D eigenvalue weighted by Crippen LogP contribution is -2.43. The summed E-state index contributed by atoms with van der Waals surface area (Å²) in [4.78, 5) is 4.27. The van der Waals surface area contributed by atoms with E-state index in [1.807, 2.05) is 19.9 Å². The third-order valence-electron chi connectivity index (χ3n) is 4.49. The largest absolute Gasteiger partial charge is 0.491 e. The van der Waals surface area contributed by atoms with Crippen molar-refractivity contribution in [2.45, 2.75) is 42.7 Å². The SMILES string of the molecule is CC(C)Oc1ccc(S(=O)(=O)[C@H]2CS(=O)(=O)C[C@@H]2NCc2ccccn2)cc1. The van der Waals surface area contributed by atoms with Gasteiger partial charge in [0, 0.05) is 18.8 Å². The molecule has 0 spiro atoms. The van der Waals surface area contributed by atoms with E-state index in [0.717, 1.165) is 5.69 Å². The lowest BCUT2D eigenvalue weighted by atomic mass is 10.2. The number of nitrogens with one attached hydrogen (secondary N) is 1. The topological polar surface area (TPSA) is 102 Å². The van der Waals surface area contributed by atoms with Crippen LogP contribution in [0.3, 0.4) is 0 Å². The molecule has 2 heterocycles. The van der Waals surface area contributed by atoms with E-state index in [0.29, 0.717) is 12.3 Å². The highest BCUT2D eigenvalue weighted by Crippen LogP contribution is 2.27. The summed E-state index contributed by atoms with van der Waals surface area (Å²) < 4.78 is 56.1. The van der Waals surface area contributed by atoms with Crippen molar-refractivity contribution >= 4 is 19.7 Å². The van der Waals surface area contributed by atoms with Crippen molar-refractivity contribution in [1.29, 1.82) is 0 Å². The normalized spacial score (nSPS) is 21.7. The number of hydrogen-bond donors (Lipinski definition) is 1. The van der Waals surface area contributed by atoms with Crippen molar-refractivity contribution in [3.8, 4) is 5.75 Å². The first-order valence-corrected chi connectivity index (χ1v) is 12.4. The second kappa shape index (κ2) is 8.18. The molecule has 9 heteroatoms. The number of aromatic nitrogens is 1. The van der Waals surface area contributed by atoms with E-state index in [1.165, 1.54) is 12.1 Å². The Morgan fingerprint density at radius 1 is 1.14 bits per heavy atom. The van der Waals surface area contributed by atoms with Crippen LogP contribution >= 0.6 is 0 Å². The van der Waals surface area contributed by atoms with Crippen molar-refractivity contribution < 1.29 is 21.6 Å². The standard InChI is InChI=1S/C19H24N2O5S2/c1-14(2)26-16-6-8-17(9-7-16)28(24,25)19-13-27(22,23)12-18(19)21-11-15-5-3-4-10-20-15/h3-10,14,18-19,21H,11-13H2,1-2H3/t18-,19-/m0/s1. The summed E-state index contributed by atoms with van der Waals surface area (Å²) in [6.45, 7) is 4.06. The number of hydrogen-bond acceptors (Lipinski definition) is 7. The fraction of sp³-hybridized carbons (Fsp3) is 0.421. The summed E-state index contributed by atoms with van der Waals surface area (Å²) in [6.07, 6.45) is 1.61. The van der Waals surface area contributed by atoms with E-state index in [2.05, 4.69) is 10.3 Å². The third-order valence-corrected chi connectivity index (χ3v) is 8.66. The molecule has 2 aromatic rings. The second-order valence-corrected chi connectivity index (χ2v) is 11.4. The van der Waals surface area contributed by atoms with Gasteiger partial charge in [0.2, 0.25) is 0 Å². The Labute approximate surface area is 166 Å². The molecule has 2 atom stereocenters. The van der Waals surface area contributed by atoms with Gasteiger partial charge < -0.3 is 10.1 Å². The Bertz CT molecular complexity index is 1000. The van der Waals surface area contributed by atoms with Crippen molar-refractivity contribution in [3.63, 3.8) is 0 Å². The molecule has 0 unspecified atom stereocenters. The Morgan fingerprint density at radius 2 is 1.86 bits per heavy atom. The van der Waals surface area contributed by atoms with Crippen LogP contribution in [0, 0.1) is 0 Å². The molecule has 1 fully saturated rings. The molecule has 1 aromatic heterocycles. The number of rotatable bonds is 7. The number of sulfone groups is 2. The highest BCUT2D eigenvalue weighted by atomic mass is 32.2. The summed E-state index contributed by atoms with van der Waals surface area (Å²) in [5, 5.41) is 2.03. The van der Waals surface area contributed by atoms with Gasteiger partial charge in [-0.2, -0.15) is 0 Å². The molecule has 0 radical (unpaired) electrons. The van der Waals surface area contributed by atoms with Crippen LogP contribution in [0.15, 0.2) is 53.6 Å². The lowest BCUT2D eigenvalue weighted by Gasteiger charge is -2.20. The molecule has 0 aliphatic carbocycles. The minimum atomic E-state index is -3.83. The van der Waals surface area contributed by atoms with E-state index in [-0.39, 0.29) is 22.5 Å². The molecule has 1 aliphatic rings. The van der Waals surface area contributed by atoms with Crippen LogP contribution in [-0.4, -0.2) is 50.7 Å². The first-order valence-electron chi connectivity index (χ1n) is 9.02. The van der Waals surface area contributed by atoms with Crippen molar-refractivity contribution in [2.75, 3.05) is 11.5 Å². The van der Waals surface area contributed by atoms with Crippen LogP contribution in [-0.2, 0) is 26.2 Å². The van der Waals surface area contributed by atoms with Crippen molar-refractivity contribution in [2.24, 2.45) is 0 Å². The lowest BCUT2D eigenvalue weighted by molar-refractivity contribution is 0.242. The van der Waals surface area contributed by atoms with Gasteiger partial charge in [-0.3, -0.25) is 4.98 Å². The monoisotopic (exact) mass is 424 g/mol. The van der Waals surface area contributed by atoms with Gasteiger partial charge in [-0.1, -0.05) is 6.07 Å². The Kier molecular flexibility index (Phi) is 6.07. The predicted octanol–water partition coefficient (Wildman–Crippen LogP) is 1.60. The number of pyridine rings is 1. The molecule has 1 saturated heterocycles. The minimum absolute atomic E-state index is 0.0254. The van der Waals surface area contributed by atoms with Gasteiger partial charge in [0.15, 0.2) is 19.7 Å². The van der Waals surface area contributed by atoms with E-state index in [9.17, 15) is 16.8 Å². The predicted molar refractivity (Wildman–Crippen MR) is 107 cm³/mol. The molecule has 1 aliphatic heterocycles. The molecule has 7 nitrogen and oxygen atoms in total. The molecular weight excluding hydrogens is 400 g/mol. The van der Waals surface area contributed by atoms with Crippen LogP contribution in [0.5, 0.6) is 5.75 Å². The summed E-state index contributed by atoms with van der Waals surface area (Å²) in [5.41, 5.74) is 0.720. The maximum atomic E-state index is 13.1. The highest BCUT2D eigenvalue weighted by molar-refractivity contribution is 7.96. The Morgan fingerprint density at radius 3 is 2.46 bits per heavy atom. The highest BCUT2D eigenvalue weighted by Gasteiger charge is 2.45. The van der Waals surface area contributed by atoms with Gasteiger partial charge in [-0.25, -0.2) is 16.8 Å². The van der Waals surface area contributed by atoms with Gasteiger partial charge >= 0.3 is 0 Å². The zero-order valence-corrected chi connectivity index (χ0v) is 17.4. The third kappa shape index (κ3) is 4.89. The summed E-state index contributed by atoms with van der Waals surface area (Å²) in [5.74, 6) is -0.0320. The van der Waals surface area contributed by atoms with Crippen LogP contribution in [0.1, 0.15) is 19.5 Å². The molecule has 1 aromatic carbocycles. The van der Waals surface area contributed by atoms with E-state index >= 15 is 0 Å². The van der Waals surface area contributed by atoms with E-state index in [4.69, 9.17) is 4.74 Å². The van der Waals surface area contributed by atoms with Crippen LogP contribution < -0.4 is 10.1 Å². The zero-order chi connectivity index (χ0) is 20.4. The van der Waals surface area contributed by atoms with Gasteiger partial charge in [0.05, 0.1) is 33.4 Å². The average molecular weight is 425 g/mol. The van der Waals surface area contributed by atoms with Crippen molar-refractivity contribution in [1.82, 2.24) is 10.3 Å². The molecule has 0 saturated carbocycles. The molecular formula is C19H24N2O5S2. The fourth-order valence-corrected chi connectivity index (χ4v) is 7.92. The number of ether oxygens (including phenoxy) is 1. The molecule has 0 bridgehead atoms. The van der Waals surface area contributed by atoms with Crippen LogP contribution in [0.25, 0.3) is 0 Å². The quantitative estimate of drug-likeness (QED) is 0.720. The fourth-order valence-electron chi connectivity index (χ4n) is 3.20. The van der Waals surface area contributed by atoms with E-state index < -0.39 is 31.0 Å². The zero-order valence-electron chi connectivity index (χ0n) is 15.8. The minimum Gasteiger partial charge on any atom is -0.491 e. The maximum absolute atomic E-state index is 13.1. The first kappa shape index (κ1) is 20.8. The second-order valence-electron chi connectivity index (χ2n) is 7.11. The van der Waals surface area contributed by atoms with E-state index in [1.54, 1.807) is 30.5 Å². The number of benzene rings is 1. The van der Waals surface area contributed by atoms with Crippen LogP contribution in [0.2, 0.25) is 0 Å². The molecule has 3 rings (SSSR count). The Hall–Kier alpha value is -1.97. The molecule has 28 heavy (non-hydrogen) atoms. The summed E-state index contributed by atoms with van der Waals surface area (Å²) >= 11 is 0. The average Bonchev–Trinajstić information content (AvgIpc) is 2.96. The summed E-state index contributed by atoms with van der Waals surface area (Å²) in [7, 11) is -7.28. The molecule has 152 valence electrons. The van der Waals surface area contributed by atoms with Gasteiger partial charge in [-0.05, 0) is 50.2 Å². The van der Waals surface area contributed by atoms with Gasteiger partial charge in [0.25, 0.3) is 0 Å². The smallest absolute Gasteiger partial charge is 0.183 e. The van der Waals surface area contributed by atoms with Crippen LogP contribution in [0.4, 0.5) is 0 Å². The van der Waals surface area contributed by atoms with Gasteiger partial charge in [0.1, 0.15) is 5.75 Å². The molecule has 1 N–H and O–H groups in total. The summed E-state index contributed by atoms with van der Waals surface area (Å²) in [6, 6.07) is 10.8. The number of nitrogens with zero attached hydrogens (tertiary/aromatic N) is 1. The molecule has 0 amide bonds. The van der Waals surface area contributed by atoms with Gasteiger partial charge in [-0.15, -0.1) is 0 Å². The Balaban J connectivity index is 1.81. The first-order chi connectivity index (χ1) is 13.2.